The lowest BCUT2D eigenvalue weighted by Crippen LogP contribution is -2.38. The predicted molar refractivity (Wildman–Crippen MR) is 113 cm³/mol. The summed E-state index contributed by atoms with van der Waals surface area (Å²) in [4.78, 5) is 9.02. The Balaban J connectivity index is 0.00000312. The number of furan rings is 1. The molecule has 25 heavy (non-hydrogen) atoms. The summed E-state index contributed by atoms with van der Waals surface area (Å²) >= 11 is 1.69. The molecule has 140 valence electrons. The zero-order chi connectivity index (χ0) is 17.0. The van der Waals surface area contributed by atoms with Crippen molar-refractivity contribution in [3.8, 4) is 0 Å². The first-order valence-corrected chi connectivity index (χ1v) is 9.19. The number of aliphatic imine (C=N–C) groups is 1. The monoisotopic (exact) mass is 478 g/mol. The van der Waals surface area contributed by atoms with Crippen molar-refractivity contribution in [3.05, 3.63) is 40.2 Å². The van der Waals surface area contributed by atoms with E-state index in [1.165, 1.54) is 0 Å². The molecule has 0 atom stereocenters. The number of guanidine groups is 1. The molecule has 0 aromatic carbocycles. The SMILES string of the molecule is CCNC(=NCCCOCc1ccco1)NCCc1csc(C)n1.I. The Bertz CT molecular complexity index is 602. The van der Waals surface area contributed by atoms with Crippen LogP contribution in [0.15, 0.2) is 33.2 Å². The quantitative estimate of drug-likeness (QED) is 0.237. The maximum atomic E-state index is 5.55. The molecular weight excluding hydrogens is 451 g/mol. The van der Waals surface area contributed by atoms with Crippen molar-refractivity contribution in [1.82, 2.24) is 15.6 Å². The normalized spacial score (nSPS) is 11.2. The van der Waals surface area contributed by atoms with Gasteiger partial charge < -0.3 is 19.8 Å². The number of aryl methyl sites for hydroxylation is 1. The Kier molecular flexibility index (Phi) is 11.5. The fourth-order valence-electron chi connectivity index (χ4n) is 2.10. The Hall–Kier alpha value is -1.13. The highest BCUT2D eigenvalue weighted by atomic mass is 127. The fourth-order valence-corrected chi connectivity index (χ4v) is 2.75. The highest BCUT2D eigenvalue weighted by molar-refractivity contribution is 14.0. The van der Waals surface area contributed by atoms with Crippen molar-refractivity contribution >= 4 is 41.3 Å². The molecule has 0 unspecified atom stereocenters. The van der Waals surface area contributed by atoms with E-state index in [0.717, 1.165) is 54.9 Å². The van der Waals surface area contributed by atoms with Gasteiger partial charge >= 0.3 is 0 Å². The van der Waals surface area contributed by atoms with Crippen LogP contribution in [0.3, 0.4) is 0 Å². The average Bonchev–Trinajstić information content (AvgIpc) is 3.22. The molecule has 0 radical (unpaired) electrons. The fraction of sp³-hybridized carbons (Fsp3) is 0.529. The summed E-state index contributed by atoms with van der Waals surface area (Å²) in [5, 5.41) is 9.81. The maximum absolute atomic E-state index is 5.55. The second kappa shape index (κ2) is 13.1. The molecule has 0 fully saturated rings. The van der Waals surface area contributed by atoms with E-state index in [1.54, 1.807) is 17.6 Å². The Morgan fingerprint density at radius 2 is 2.28 bits per heavy atom. The van der Waals surface area contributed by atoms with E-state index in [0.29, 0.717) is 13.2 Å². The zero-order valence-electron chi connectivity index (χ0n) is 14.8. The highest BCUT2D eigenvalue weighted by Crippen LogP contribution is 2.07. The second-order valence-electron chi connectivity index (χ2n) is 5.28. The van der Waals surface area contributed by atoms with Crippen LogP contribution in [0.25, 0.3) is 0 Å². The van der Waals surface area contributed by atoms with E-state index in [2.05, 4.69) is 32.9 Å². The van der Waals surface area contributed by atoms with Gasteiger partial charge in [-0.3, -0.25) is 4.99 Å². The second-order valence-corrected chi connectivity index (χ2v) is 6.34. The first-order chi connectivity index (χ1) is 11.8. The molecule has 8 heteroatoms. The third kappa shape index (κ3) is 9.22. The van der Waals surface area contributed by atoms with Crippen molar-refractivity contribution in [2.45, 2.75) is 33.3 Å². The van der Waals surface area contributed by atoms with Gasteiger partial charge in [0.15, 0.2) is 5.96 Å². The molecule has 0 saturated carbocycles. The number of thiazole rings is 1. The van der Waals surface area contributed by atoms with Crippen LogP contribution < -0.4 is 10.6 Å². The number of ether oxygens (including phenoxy) is 1. The van der Waals surface area contributed by atoms with Gasteiger partial charge in [0.25, 0.3) is 0 Å². The van der Waals surface area contributed by atoms with Gasteiger partial charge in [-0.25, -0.2) is 4.98 Å². The van der Waals surface area contributed by atoms with Crippen LogP contribution in [-0.4, -0.2) is 37.2 Å². The molecular formula is C17H27IN4O2S. The van der Waals surface area contributed by atoms with Gasteiger partial charge in [0, 0.05) is 38.0 Å². The Morgan fingerprint density at radius 3 is 2.96 bits per heavy atom. The molecule has 0 aliphatic rings. The van der Waals surface area contributed by atoms with Crippen molar-refractivity contribution in [2.75, 3.05) is 26.2 Å². The molecule has 2 aromatic heterocycles. The number of halogens is 1. The maximum Gasteiger partial charge on any atom is 0.191 e. The summed E-state index contributed by atoms with van der Waals surface area (Å²) < 4.78 is 10.8. The molecule has 0 spiro atoms. The van der Waals surface area contributed by atoms with Gasteiger partial charge in [0.05, 0.1) is 17.0 Å². The third-order valence-corrected chi connectivity index (χ3v) is 4.05. The highest BCUT2D eigenvalue weighted by Gasteiger charge is 2.00. The summed E-state index contributed by atoms with van der Waals surface area (Å²) in [6.45, 7) is 7.67. The Morgan fingerprint density at radius 1 is 1.40 bits per heavy atom. The van der Waals surface area contributed by atoms with Crippen LogP contribution in [-0.2, 0) is 17.8 Å². The molecule has 2 aromatic rings. The van der Waals surface area contributed by atoms with Crippen LogP contribution in [0, 0.1) is 6.92 Å². The lowest BCUT2D eigenvalue weighted by atomic mass is 10.3. The largest absolute Gasteiger partial charge is 0.467 e. The molecule has 2 N–H and O–H groups in total. The van der Waals surface area contributed by atoms with E-state index in [1.807, 2.05) is 19.1 Å². The van der Waals surface area contributed by atoms with E-state index in [4.69, 9.17) is 9.15 Å². The molecule has 2 rings (SSSR count). The molecule has 6 nitrogen and oxygen atoms in total. The topological polar surface area (TPSA) is 71.7 Å². The standard InChI is InChI=1S/C17H26N4O2S.HI/c1-3-18-17(20-9-7-15-13-24-14(2)21-15)19-8-5-10-22-12-16-6-4-11-23-16;/h4,6,11,13H,3,5,7-10,12H2,1-2H3,(H2,18,19,20);1H. The minimum Gasteiger partial charge on any atom is -0.467 e. The van der Waals surface area contributed by atoms with Crippen LogP contribution in [0.4, 0.5) is 0 Å². The van der Waals surface area contributed by atoms with Crippen LogP contribution >= 0.6 is 35.3 Å². The van der Waals surface area contributed by atoms with E-state index in [9.17, 15) is 0 Å². The Labute approximate surface area is 170 Å². The van der Waals surface area contributed by atoms with Gasteiger partial charge in [-0.05, 0) is 32.4 Å². The van der Waals surface area contributed by atoms with Gasteiger partial charge in [0.1, 0.15) is 12.4 Å². The summed E-state index contributed by atoms with van der Waals surface area (Å²) in [5.74, 6) is 1.70. The van der Waals surface area contributed by atoms with Crippen molar-refractivity contribution in [2.24, 2.45) is 4.99 Å². The van der Waals surface area contributed by atoms with E-state index in [-0.39, 0.29) is 24.0 Å². The molecule has 0 aliphatic heterocycles. The average molecular weight is 478 g/mol. The number of rotatable bonds is 10. The van der Waals surface area contributed by atoms with Crippen LogP contribution in [0.2, 0.25) is 0 Å². The zero-order valence-corrected chi connectivity index (χ0v) is 17.9. The summed E-state index contributed by atoms with van der Waals surface area (Å²) in [6, 6.07) is 3.78. The van der Waals surface area contributed by atoms with Gasteiger partial charge in [-0.15, -0.1) is 35.3 Å². The van der Waals surface area contributed by atoms with Crippen molar-refractivity contribution in [3.63, 3.8) is 0 Å². The third-order valence-electron chi connectivity index (χ3n) is 3.23. The van der Waals surface area contributed by atoms with Crippen LogP contribution in [0.5, 0.6) is 0 Å². The molecule has 2 heterocycles. The lowest BCUT2D eigenvalue weighted by molar-refractivity contribution is 0.105. The van der Waals surface area contributed by atoms with Gasteiger partial charge in [-0.1, -0.05) is 0 Å². The van der Waals surface area contributed by atoms with Gasteiger partial charge in [0.2, 0.25) is 0 Å². The number of hydrogen-bond acceptors (Lipinski definition) is 5. The summed E-state index contributed by atoms with van der Waals surface area (Å²) in [6.07, 6.45) is 3.44. The van der Waals surface area contributed by atoms with E-state index < -0.39 is 0 Å². The minimum absolute atomic E-state index is 0. The van der Waals surface area contributed by atoms with Gasteiger partial charge in [-0.2, -0.15) is 0 Å². The number of hydrogen-bond donors (Lipinski definition) is 2. The number of aromatic nitrogens is 1. The first kappa shape index (κ1) is 21.9. The molecule has 0 bridgehead atoms. The first-order valence-electron chi connectivity index (χ1n) is 8.31. The minimum atomic E-state index is 0. The van der Waals surface area contributed by atoms with Crippen molar-refractivity contribution in [1.29, 1.82) is 0 Å². The van der Waals surface area contributed by atoms with Crippen LogP contribution in [0.1, 0.15) is 29.8 Å². The van der Waals surface area contributed by atoms with E-state index >= 15 is 0 Å². The summed E-state index contributed by atoms with van der Waals surface area (Å²) in [5.41, 5.74) is 1.13. The molecule has 0 saturated heterocycles. The van der Waals surface area contributed by atoms with Crippen molar-refractivity contribution < 1.29 is 9.15 Å². The number of nitrogens with zero attached hydrogens (tertiary/aromatic N) is 2. The smallest absolute Gasteiger partial charge is 0.191 e. The summed E-state index contributed by atoms with van der Waals surface area (Å²) in [7, 11) is 0. The number of nitrogens with one attached hydrogen (secondary N) is 2. The molecule has 0 aliphatic carbocycles. The predicted octanol–water partition coefficient (Wildman–Crippen LogP) is 3.37. The lowest BCUT2D eigenvalue weighted by Gasteiger charge is -2.10. The molecule has 0 amide bonds.